The maximum Gasteiger partial charge on any atom is 0.0595 e. The summed E-state index contributed by atoms with van der Waals surface area (Å²) in [6, 6.07) is 6.30. The number of benzene rings is 1. The number of nitrogens with one attached hydrogen (secondary N) is 1. The highest BCUT2D eigenvalue weighted by Gasteiger charge is 2.14. The van der Waals surface area contributed by atoms with Gasteiger partial charge in [-0.1, -0.05) is 29.3 Å². The second-order valence-electron chi connectivity index (χ2n) is 3.61. The predicted octanol–water partition coefficient (Wildman–Crippen LogP) is 3.76. The Kier molecular flexibility index (Phi) is 4.21. The standard InChI is InChI=1S/C11H13Cl2NS/c12-9-3-2-8(6-10(9)13)11-7-15-5-1-4-14-11/h2-3,6,11,14H,1,4-5,7H2. The minimum Gasteiger partial charge on any atom is -0.309 e. The molecule has 1 unspecified atom stereocenters. The van der Waals surface area contributed by atoms with Crippen LogP contribution in [-0.4, -0.2) is 18.1 Å². The summed E-state index contributed by atoms with van der Waals surface area (Å²) in [6.07, 6.45) is 1.24. The lowest BCUT2D eigenvalue weighted by molar-refractivity contribution is 0.590. The van der Waals surface area contributed by atoms with Gasteiger partial charge < -0.3 is 5.32 Å². The monoisotopic (exact) mass is 261 g/mol. The summed E-state index contributed by atoms with van der Waals surface area (Å²) in [4.78, 5) is 0. The summed E-state index contributed by atoms with van der Waals surface area (Å²) >= 11 is 13.9. The van der Waals surface area contributed by atoms with Gasteiger partial charge >= 0.3 is 0 Å². The fourth-order valence-corrected chi connectivity index (χ4v) is 3.02. The molecular weight excluding hydrogens is 249 g/mol. The second-order valence-corrected chi connectivity index (χ2v) is 5.57. The molecular formula is C11H13Cl2NS. The molecule has 1 heterocycles. The molecule has 0 aromatic heterocycles. The van der Waals surface area contributed by atoms with Crippen LogP contribution >= 0.6 is 35.0 Å². The fourth-order valence-electron chi connectivity index (χ4n) is 1.65. The van der Waals surface area contributed by atoms with Crippen LogP contribution in [0.15, 0.2) is 18.2 Å². The van der Waals surface area contributed by atoms with Crippen molar-refractivity contribution < 1.29 is 0 Å². The molecule has 15 heavy (non-hydrogen) atoms. The van der Waals surface area contributed by atoms with Gasteiger partial charge in [0.15, 0.2) is 0 Å². The maximum absolute atomic E-state index is 6.01. The van der Waals surface area contributed by atoms with Crippen LogP contribution in [0.5, 0.6) is 0 Å². The van der Waals surface area contributed by atoms with Crippen molar-refractivity contribution in [2.45, 2.75) is 12.5 Å². The molecule has 1 fully saturated rings. The zero-order valence-corrected chi connectivity index (χ0v) is 10.6. The first-order chi connectivity index (χ1) is 7.27. The Bertz CT molecular complexity index is 335. The molecule has 0 saturated carbocycles. The number of rotatable bonds is 1. The average molecular weight is 262 g/mol. The van der Waals surface area contributed by atoms with Crippen LogP contribution in [-0.2, 0) is 0 Å². The van der Waals surface area contributed by atoms with Crippen molar-refractivity contribution in [3.8, 4) is 0 Å². The van der Waals surface area contributed by atoms with E-state index in [0.29, 0.717) is 16.1 Å². The van der Waals surface area contributed by atoms with E-state index in [0.717, 1.165) is 12.3 Å². The van der Waals surface area contributed by atoms with E-state index in [1.54, 1.807) is 0 Å². The van der Waals surface area contributed by atoms with E-state index in [2.05, 4.69) is 11.4 Å². The van der Waals surface area contributed by atoms with E-state index in [4.69, 9.17) is 23.2 Å². The Morgan fingerprint density at radius 3 is 2.93 bits per heavy atom. The Balaban J connectivity index is 2.16. The van der Waals surface area contributed by atoms with Gasteiger partial charge in [-0.3, -0.25) is 0 Å². The summed E-state index contributed by atoms with van der Waals surface area (Å²) in [6.45, 7) is 1.08. The molecule has 1 aromatic carbocycles. The van der Waals surface area contributed by atoms with Crippen LogP contribution < -0.4 is 5.32 Å². The first kappa shape index (κ1) is 11.6. The smallest absolute Gasteiger partial charge is 0.0595 e. The second kappa shape index (κ2) is 5.44. The normalized spacial score (nSPS) is 22.4. The van der Waals surface area contributed by atoms with E-state index in [9.17, 15) is 0 Å². The van der Waals surface area contributed by atoms with Gasteiger partial charge in [0.2, 0.25) is 0 Å². The molecule has 0 radical (unpaired) electrons. The van der Waals surface area contributed by atoms with Gasteiger partial charge in [0.25, 0.3) is 0 Å². The van der Waals surface area contributed by atoms with E-state index in [1.807, 2.05) is 23.9 Å². The zero-order chi connectivity index (χ0) is 10.7. The molecule has 1 aliphatic rings. The van der Waals surface area contributed by atoms with E-state index in [-0.39, 0.29) is 0 Å². The van der Waals surface area contributed by atoms with Gasteiger partial charge in [-0.2, -0.15) is 11.8 Å². The molecule has 82 valence electrons. The lowest BCUT2D eigenvalue weighted by Crippen LogP contribution is -2.22. The van der Waals surface area contributed by atoms with Crippen molar-refractivity contribution in [2.75, 3.05) is 18.1 Å². The minimum absolute atomic E-state index is 0.410. The summed E-state index contributed by atoms with van der Waals surface area (Å²) in [5.74, 6) is 2.35. The minimum atomic E-state index is 0.410. The van der Waals surface area contributed by atoms with E-state index < -0.39 is 0 Å². The molecule has 2 rings (SSSR count). The highest BCUT2D eigenvalue weighted by Crippen LogP contribution is 2.28. The van der Waals surface area contributed by atoms with Crippen molar-refractivity contribution >= 4 is 35.0 Å². The Morgan fingerprint density at radius 2 is 2.13 bits per heavy atom. The summed E-state index contributed by atoms with van der Waals surface area (Å²) in [5.41, 5.74) is 1.24. The van der Waals surface area contributed by atoms with Gasteiger partial charge in [0, 0.05) is 11.8 Å². The first-order valence-corrected chi connectivity index (χ1v) is 6.94. The largest absolute Gasteiger partial charge is 0.309 e. The highest BCUT2D eigenvalue weighted by atomic mass is 35.5. The number of hydrogen-bond acceptors (Lipinski definition) is 2. The molecule has 0 spiro atoms. The summed E-state index contributed by atoms with van der Waals surface area (Å²) < 4.78 is 0. The summed E-state index contributed by atoms with van der Waals surface area (Å²) in [7, 11) is 0. The van der Waals surface area contributed by atoms with Crippen molar-refractivity contribution in [1.29, 1.82) is 0 Å². The van der Waals surface area contributed by atoms with Crippen LogP contribution in [0.2, 0.25) is 10.0 Å². The predicted molar refractivity (Wildman–Crippen MR) is 69.1 cm³/mol. The van der Waals surface area contributed by atoms with Crippen LogP contribution in [0.3, 0.4) is 0 Å². The first-order valence-electron chi connectivity index (χ1n) is 5.03. The molecule has 1 aliphatic heterocycles. The Labute approximate surface area is 105 Å². The van der Waals surface area contributed by atoms with Gasteiger partial charge in [0.05, 0.1) is 10.0 Å². The zero-order valence-electron chi connectivity index (χ0n) is 8.30. The highest BCUT2D eigenvalue weighted by molar-refractivity contribution is 7.99. The third-order valence-electron chi connectivity index (χ3n) is 2.49. The average Bonchev–Trinajstić information content (AvgIpc) is 2.50. The number of halogens is 2. The number of thioether (sulfide) groups is 1. The van der Waals surface area contributed by atoms with Crippen LogP contribution in [0.1, 0.15) is 18.0 Å². The third kappa shape index (κ3) is 3.04. The maximum atomic E-state index is 6.01. The van der Waals surface area contributed by atoms with Crippen LogP contribution in [0.4, 0.5) is 0 Å². The molecule has 1 saturated heterocycles. The molecule has 0 aliphatic carbocycles. The molecule has 1 atom stereocenters. The Morgan fingerprint density at radius 1 is 1.27 bits per heavy atom. The topological polar surface area (TPSA) is 12.0 Å². The van der Waals surface area contributed by atoms with Crippen LogP contribution in [0, 0.1) is 0 Å². The quantitative estimate of drug-likeness (QED) is 0.827. The molecule has 1 aromatic rings. The van der Waals surface area contributed by atoms with Gasteiger partial charge in [-0.25, -0.2) is 0 Å². The molecule has 1 nitrogen and oxygen atoms in total. The number of hydrogen-bond donors (Lipinski definition) is 1. The molecule has 1 N–H and O–H groups in total. The molecule has 4 heteroatoms. The van der Waals surface area contributed by atoms with E-state index >= 15 is 0 Å². The van der Waals surface area contributed by atoms with Gasteiger partial charge in [-0.15, -0.1) is 0 Å². The van der Waals surface area contributed by atoms with Crippen LogP contribution in [0.25, 0.3) is 0 Å². The van der Waals surface area contributed by atoms with Crippen molar-refractivity contribution in [1.82, 2.24) is 5.32 Å². The molecule has 0 bridgehead atoms. The third-order valence-corrected chi connectivity index (χ3v) is 4.37. The SMILES string of the molecule is Clc1ccc(C2CSCCCN2)cc1Cl. The van der Waals surface area contributed by atoms with Gasteiger partial charge in [-0.05, 0) is 36.4 Å². The van der Waals surface area contributed by atoms with Crippen molar-refractivity contribution in [3.05, 3.63) is 33.8 Å². The van der Waals surface area contributed by atoms with Crippen molar-refractivity contribution in [2.24, 2.45) is 0 Å². The van der Waals surface area contributed by atoms with Gasteiger partial charge in [0.1, 0.15) is 0 Å². The van der Waals surface area contributed by atoms with E-state index in [1.165, 1.54) is 17.7 Å². The lowest BCUT2D eigenvalue weighted by atomic mass is 10.1. The Hall–Kier alpha value is 0.110. The lowest BCUT2D eigenvalue weighted by Gasteiger charge is -2.16. The molecule has 0 amide bonds. The fraction of sp³-hybridized carbons (Fsp3) is 0.455. The van der Waals surface area contributed by atoms with Crippen molar-refractivity contribution in [3.63, 3.8) is 0 Å². The summed E-state index contributed by atoms with van der Waals surface area (Å²) in [5, 5.41) is 4.79.